The second-order valence-electron chi connectivity index (χ2n) is 3.49. The lowest BCUT2D eigenvalue weighted by molar-refractivity contribution is 0.101. The molecule has 3 heteroatoms. The van der Waals surface area contributed by atoms with Gasteiger partial charge in [0.1, 0.15) is 11.1 Å². The van der Waals surface area contributed by atoms with E-state index in [1.807, 2.05) is 19.1 Å². The molecule has 0 unspecified atom stereocenters. The molecular weight excluding hydrogens is 192 g/mol. The third-order valence-corrected chi connectivity index (χ3v) is 2.37. The van der Waals surface area contributed by atoms with Crippen LogP contribution in [0.1, 0.15) is 22.8 Å². The van der Waals surface area contributed by atoms with Gasteiger partial charge >= 0.3 is 5.63 Å². The van der Waals surface area contributed by atoms with Gasteiger partial charge < -0.3 is 4.42 Å². The first-order chi connectivity index (χ1) is 7.09. The van der Waals surface area contributed by atoms with Crippen molar-refractivity contribution >= 4 is 16.8 Å². The zero-order valence-electron chi connectivity index (χ0n) is 8.53. The van der Waals surface area contributed by atoms with Crippen LogP contribution in [0.4, 0.5) is 0 Å². The van der Waals surface area contributed by atoms with Gasteiger partial charge in [0, 0.05) is 5.39 Å². The molecule has 3 nitrogen and oxygen atoms in total. The number of rotatable bonds is 1. The third-order valence-electron chi connectivity index (χ3n) is 2.37. The number of fused-ring (bicyclic) bond motifs is 1. The summed E-state index contributed by atoms with van der Waals surface area (Å²) in [6.07, 6.45) is 0. The van der Waals surface area contributed by atoms with Crippen molar-refractivity contribution in [2.24, 2.45) is 0 Å². The Labute approximate surface area is 86.3 Å². The quantitative estimate of drug-likeness (QED) is 0.526. The molecule has 1 aromatic carbocycles. The lowest BCUT2D eigenvalue weighted by atomic mass is 10.1. The van der Waals surface area contributed by atoms with E-state index < -0.39 is 5.63 Å². The molecule has 0 amide bonds. The molecule has 1 aromatic heterocycles. The smallest absolute Gasteiger partial charge is 0.347 e. The highest BCUT2D eigenvalue weighted by atomic mass is 16.4. The van der Waals surface area contributed by atoms with Gasteiger partial charge in [0.2, 0.25) is 0 Å². The van der Waals surface area contributed by atoms with Crippen molar-refractivity contribution in [3.63, 3.8) is 0 Å². The summed E-state index contributed by atoms with van der Waals surface area (Å²) in [6, 6.07) is 7.03. The molecule has 0 spiro atoms. The first-order valence-corrected chi connectivity index (χ1v) is 4.64. The molecule has 0 atom stereocenters. The first kappa shape index (κ1) is 9.65. The normalized spacial score (nSPS) is 10.5. The number of hydrogen-bond donors (Lipinski definition) is 0. The van der Waals surface area contributed by atoms with Crippen molar-refractivity contribution in [2.45, 2.75) is 13.8 Å². The summed E-state index contributed by atoms with van der Waals surface area (Å²) in [7, 11) is 0. The monoisotopic (exact) mass is 202 g/mol. The molecular formula is C12H10O3. The van der Waals surface area contributed by atoms with E-state index in [1.54, 1.807) is 12.1 Å². The molecule has 0 aliphatic heterocycles. The van der Waals surface area contributed by atoms with Gasteiger partial charge in [-0.25, -0.2) is 4.79 Å². The highest BCUT2D eigenvalue weighted by Crippen LogP contribution is 2.17. The zero-order chi connectivity index (χ0) is 11.0. The molecule has 2 aromatic rings. The summed E-state index contributed by atoms with van der Waals surface area (Å²) in [5, 5.41) is 0.808. The number of ketones is 1. The van der Waals surface area contributed by atoms with E-state index in [2.05, 4.69) is 0 Å². The van der Waals surface area contributed by atoms with Crippen LogP contribution in [0, 0.1) is 6.92 Å². The lowest BCUT2D eigenvalue weighted by Gasteiger charge is -2.01. The average Bonchev–Trinajstić information content (AvgIpc) is 2.16. The summed E-state index contributed by atoms with van der Waals surface area (Å²) >= 11 is 0. The van der Waals surface area contributed by atoms with Gasteiger partial charge in [-0.2, -0.15) is 0 Å². The van der Waals surface area contributed by atoms with Crippen LogP contribution in [-0.4, -0.2) is 5.78 Å². The van der Waals surface area contributed by atoms with E-state index in [0.29, 0.717) is 5.58 Å². The SMILES string of the molecule is CC(=O)c1cc2c(C)cccc2oc1=O. The predicted octanol–water partition coefficient (Wildman–Crippen LogP) is 2.30. The zero-order valence-corrected chi connectivity index (χ0v) is 8.53. The molecule has 1 heterocycles. The van der Waals surface area contributed by atoms with Crippen molar-refractivity contribution in [3.8, 4) is 0 Å². The first-order valence-electron chi connectivity index (χ1n) is 4.64. The van der Waals surface area contributed by atoms with Gasteiger partial charge in [-0.3, -0.25) is 4.79 Å². The molecule has 2 rings (SSSR count). The minimum Gasteiger partial charge on any atom is -0.422 e. The largest absolute Gasteiger partial charge is 0.422 e. The molecule has 76 valence electrons. The lowest BCUT2D eigenvalue weighted by Crippen LogP contribution is -2.11. The Morgan fingerprint density at radius 3 is 2.73 bits per heavy atom. The van der Waals surface area contributed by atoms with Crippen LogP contribution in [0.2, 0.25) is 0 Å². The molecule has 0 fully saturated rings. The minimum atomic E-state index is -0.569. The number of carbonyl (C=O) groups is 1. The number of aryl methyl sites for hydroxylation is 1. The maximum absolute atomic E-state index is 11.4. The van der Waals surface area contributed by atoms with Crippen molar-refractivity contribution in [1.29, 1.82) is 0 Å². The summed E-state index contributed by atoms with van der Waals surface area (Å²) in [5.74, 6) is -0.270. The van der Waals surface area contributed by atoms with E-state index in [-0.39, 0.29) is 11.3 Å². The highest BCUT2D eigenvalue weighted by Gasteiger charge is 2.09. The van der Waals surface area contributed by atoms with Crippen molar-refractivity contribution in [2.75, 3.05) is 0 Å². The highest BCUT2D eigenvalue weighted by molar-refractivity contribution is 5.97. The van der Waals surface area contributed by atoms with Gasteiger partial charge in [-0.1, -0.05) is 12.1 Å². The second kappa shape index (κ2) is 3.35. The van der Waals surface area contributed by atoms with Crippen LogP contribution >= 0.6 is 0 Å². The van der Waals surface area contributed by atoms with Crippen LogP contribution in [0.3, 0.4) is 0 Å². The standard InChI is InChI=1S/C12H10O3/c1-7-4-3-5-11-9(7)6-10(8(2)13)12(14)15-11/h3-6H,1-2H3. The van der Waals surface area contributed by atoms with Gasteiger partial charge in [0.15, 0.2) is 5.78 Å². The van der Waals surface area contributed by atoms with Gasteiger partial charge in [-0.15, -0.1) is 0 Å². The summed E-state index contributed by atoms with van der Waals surface area (Å²) in [4.78, 5) is 22.6. The number of Topliss-reactive ketones (excluding diaryl/α,β-unsaturated/α-hetero) is 1. The van der Waals surface area contributed by atoms with Crippen LogP contribution in [0.5, 0.6) is 0 Å². The molecule has 0 radical (unpaired) electrons. The number of benzene rings is 1. The Morgan fingerprint density at radius 1 is 1.33 bits per heavy atom. The molecule has 0 saturated carbocycles. The molecule has 15 heavy (non-hydrogen) atoms. The maximum Gasteiger partial charge on any atom is 0.347 e. The van der Waals surface area contributed by atoms with E-state index in [4.69, 9.17) is 4.42 Å². The van der Waals surface area contributed by atoms with E-state index in [0.717, 1.165) is 10.9 Å². The minimum absolute atomic E-state index is 0.108. The van der Waals surface area contributed by atoms with Crippen LogP contribution in [0.15, 0.2) is 33.5 Å². The van der Waals surface area contributed by atoms with Gasteiger partial charge in [0.05, 0.1) is 0 Å². The fourth-order valence-electron chi connectivity index (χ4n) is 1.53. The Morgan fingerprint density at radius 2 is 2.07 bits per heavy atom. The second-order valence-corrected chi connectivity index (χ2v) is 3.49. The fraction of sp³-hybridized carbons (Fsp3) is 0.167. The van der Waals surface area contributed by atoms with E-state index in [1.165, 1.54) is 6.92 Å². The fourth-order valence-corrected chi connectivity index (χ4v) is 1.53. The molecule has 0 N–H and O–H groups in total. The average molecular weight is 202 g/mol. The molecule has 0 bridgehead atoms. The Bertz CT molecular complexity index is 593. The maximum atomic E-state index is 11.4. The Hall–Kier alpha value is -1.90. The van der Waals surface area contributed by atoms with Crippen molar-refractivity contribution in [3.05, 3.63) is 45.8 Å². The number of hydrogen-bond acceptors (Lipinski definition) is 3. The van der Waals surface area contributed by atoms with Crippen LogP contribution in [-0.2, 0) is 0 Å². The van der Waals surface area contributed by atoms with Crippen molar-refractivity contribution < 1.29 is 9.21 Å². The van der Waals surface area contributed by atoms with Crippen LogP contribution < -0.4 is 5.63 Å². The summed E-state index contributed by atoms with van der Waals surface area (Å²) < 4.78 is 5.06. The number of carbonyl (C=O) groups excluding carboxylic acids is 1. The van der Waals surface area contributed by atoms with Gasteiger partial charge in [-0.05, 0) is 31.5 Å². The molecule has 0 saturated heterocycles. The molecule has 0 aliphatic rings. The van der Waals surface area contributed by atoms with E-state index >= 15 is 0 Å². The summed E-state index contributed by atoms with van der Waals surface area (Å²) in [6.45, 7) is 3.27. The topological polar surface area (TPSA) is 47.3 Å². The predicted molar refractivity (Wildman–Crippen MR) is 57.2 cm³/mol. The Kier molecular flexibility index (Phi) is 2.15. The Balaban J connectivity index is 2.90. The van der Waals surface area contributed by atoms with Gasteiger partial charge in [0.25, 0.3) is 0 Å². The van der Waals surface area contributed by atoms with E-state index in [9.17, 15) is 9.59 Å². The summed E-state index contributed by atoms with van der Waals surface area (Å²) in [5.41, 5.74) is 1.04. The van der Waals surface area contributed by atoms with Crippen LogP contribution in [0.25, 0.3) is 11.0 Å². The molecule has 0 aliphatic carbocycles. The third kappa shape index (κ3) is 1.56. The van der Waals surface area contributed by atoms with Crippen molar-refractivity contribution in [1.82, 2.24) is 0 Å².